The summed E-state index contributed by atoms with van der Waals surface area (Å²) in [6.07, 6.45) is 7.12. The first-order chi connectivity index (χ1) is 4.45. The third-order valence-corrected chi connectivity index (χ3v) is 2.68. The molecular formula is C8H14N. The molecule has 1 saturated carbocycles. The lowest BCUT2D eigenvalue weighted by atomic mass is 9.81. The third kappa shape index (κ3) is 1.11. The molecule has 0 aromatic heterocycles. The zero-order chi connectivity index (χ0) is 6.10. The Bertz CT molecular complexity index is 80.7. The molecule has 2 fully saturated rings. The highest BCUT2D eigenvalue weighted by Crippen LogP contribution is 2.30. The fourth-order valence-electron chi connectivity index (χ4n) is 2.13. The Hall–Kier alpha value is -0.0400. The first-order valence-corrected chi connectivity index (χ1v) is 4.12. The van der Waals surface area contributed by atoms with Gasteiger partial charge in [-0.25, -0.2) is 5.32 Å². The lowest BCUT2D eigenvalue weighted by Crippen LogP contribution is -2.35. The van der Waals surface area contributed by atoms with Crippen LogP contribution in [0.5, 0.6) is 0 Å². The second-order valence-electron chi connectivity index (χ2n) is 3.38. The number of hydrogen-bond donors (Lipinski definition) is 0. The van der Waals surface area contributed by atoms with Gasteiger partial charge in [-0.15, -0.1) is 0 Å². The van der Waals surface area contributed by atoms with E-state index in [2.05, 4.69) is 5.32 Å². The van der Waals surface area contributed by atoms with Gasteiger partial charge >= 0.3 is 0 Å². The fraction of sp³-hybridized carbons (Fsp3) is 1.00. The van der Waals surface area contributed by atoms with E-state index in [0.29, 0.717) is 0 Å². The molecule has 2 unspecified atom stereocenters. The number of hydrogen-bond acceptors (Lipinski definition) is 0. The van der Waals surface area contributed by atoms with E-state index in [4.69, 9.17) is 0 Å². The largest absolute Gasteiger partial charge is 0.238 e. The fourth-order valence-corrected chi connectivity index (χ4v) is 2.13. The van der Waals surface area contributed by atoms with Crippen molar-refractivity contribution in [2.45, 2.75) is 38.1 Å². The summed E-state index contributed by atoms with van der Waals surface area (Å²) >= 11 is 0. The van der Waals surface area contributed by atoms with Crippen LogP contribution in [0, 0.1) is 5.92 Å². The van der Waals surface area contributed by atoms with Crippen molar-refractivity contribution in [2.24, 2.45) is 5.92 Å². The predicted octanol–water partition coefficient (Wildman–Crippen LogP) is 1.55. The minimum atomic E-state index is 0.775. The van der Waals surface area contributed by atoms with Crippen LogP contribution < -0.4 is 5.32 Å². The van der Waals surface area contributed by atoms with Gasteiger partial charge in [0.15, 0.2) is 0 Å². The maximum Gasteiger partial charge on any atom is 0.0248 e. The van der Waals surface area contributed by atoms with E-state index in [0.717, 1.165) is 18.5 Å². The Morgan fingerprint density at radius 2 is 2.11 bits per heavy atom. The molecule has 2 rings (SSSR count). The van der Waals surface area contributed by atoms with E-state index in [1.165, 1.54) is 32.1 Å². The topological polar surface area (TPSA) is 14.1 Å². The van der Waals surface area contributed by atoms with Crippen LogP contribution in [-0.4, -0.2) is 12.6 Å². The van der Waals surface area contributed by atoms with Crippen molar-refractivity contribution in [2.75, 3.05) is 6.54 Å². The van der Waals surface area contributed by atoms with Crippen LogP contribution in [0.4, 0.5) is 0 Å². The molecule has 1 saturated heterocycles. The lowest BCUT2D eigenvalue weighted by molar-refractivity contribution is 0.220. The Kier molecular flexibility index (Phi) is 1.46. The predicted molar refractivity (Wildman–Crippen MR) is 37.4 cm³/mol. The minimum Gasteiger partial charge on any atom is -0.238 e. The molecule has 2 atom stereocenters. The zero-order valence-corrected chi connectivity index (χ0v) is 5.84. The third-order valence-electron chi connectivity index (χ3n) is 2.68. The lowest BCUT2D eigenvalue weighted by Gasteiger charge is -2.33. The summed E-state index contributed by atoms with van der Waals surface area (Å²) in [6.45, 7) is 1.16. The second-order valence-corrected chi connectivity index (χ2v) is 3.38. The van der Waals surface area contributed by atoms with Gasteiger partial charge in [-0.1, -0.05) is 12.8 Å². The maximum absolute atomic E-state index is 4.55. The summed E-state index contributed by atoms with van der Waals surface area (Å²) < 4.78 is 0. The van der Waals surface area contributed by atoms with Crippen LogP contribution in [0.3, 0.4) is 0 Å². The molecule has 1 heteroatoms. The standard InChI is InChI=1S/C8H14N/c1-2-7-4-5-9-8(3-1)6-7/h7-8H,1-6H2. The van der Waals surface area contributed by atoms with Crippen LogP contribution in [0.25, 0.3) is 0 Å². The Morgan fingerprint density at radius 1 is 1.11 bits per heavy atom. The number of fused-ring (bicyclic) bond motifs is 2. The molecule has 1 aliphatic carbocycles. The normalized spacial score (nSPS) is 42.7. The van der Waals surface area contributed by atoms with Gasteiger partial charge in [-0.05, 0) is 25.2 Å². The summed E-state index contributed by atoms with van der Waals surface area (Å²) in [7, 11) is 0. The van der Waals surface area contributed by atoms with Gasteiger partial charge in [-0.2, -0.15) is 0 Å². The van der Waals surface area contributed by atoms with Crippen molar-refractivity contribution in [1.29, 1.82) is 0 Å². The molecule has 0 aromatic carbocycles. The molecule has 0 aromatic rings. The van der Waals surface area contributed by atoms with Crippen molar-refractivity contribution in [3.63, 3.8) is 0 Å². The molecule has 2 bridgehead atoms. The molecule has 0 N–H and O–H groups in total. The first-order valence-electron chi connectivity index (χ1n) is 4.12. The highest BCUT2D eigenvalue weighted by atomic mass is 14.9. The van der Waals surface area contributed by atoms with E-state index < -0.39 is 0 Å². The van der Waals surface area contributed by atoms with Gasteiger partial charge in [-0.3, -0.25) is 0 Å². The van der Waals surface area contributed by atoms with Crippen LogP contribution in [0.15, 0.2) is 0 Å². The molecule has 0 amide bonds. The van der Waals surface area contributed by atoms with E-state index in [9.17, 15) is 0 Å². The van der Waals surface area contributed by atoms with Crippen LogP contribution in [0.2, 0.25) is 0 Å². The van der Waals surface area contributed by atoms with Crippen molar-refractivity contribution in [3.8, 4) is 0 Å². The Labute approximate surface area is 56.8 Å². The maximum atomic E-state index is 4.55. The van der Waals surface area contributed by atoms with Gasteiger partial charge in [0, 0.05) is 12.6 Å². The summed E-state index contributed by atoms with van der Waals surface area (Å²) in [5.74, 6) is 1.06. The SMILES string of the molecule is C1CC2CC[N]C(C1)C2. The van der Waals surface area contributed by atoms with E-state index >= 15 is 0 Å². The Morgan fingerprint density at radius 3 is 2.89 bits per heavy atom. The average molecular weight is 124 g/mol. The minimum absolute atomic E-state index is 0.775. The van der Waals surface area contributed by atoms with Crippen molar-refractivity contribution in [3.05, 3.63) is 0 Å². The van der Waals surface area contributed by atoms with Crippen molar-refractivity contribution >= 4 is 0 Å². The average Bonchev–Trinajstić information content (AvgIpc) is 1.88. The van der Waals surface area contributed by atoms with Crippen LogP contribution >= 0.6 is 0 Å². The summed E-state index contributed by atoms with van der Waals surface area (Å²) in [5, 5.41) is 4.55. The molecule has 1 nitrogen and oxygen atoms in total. The molecule has 1 radical (unpaired) electrons. The smallest absolute Gasteiger partial charge is 0.0248 e. The monoisotopic (exact) mass is 124 g/mol. The van der Waals surface area contributed by atoms with E-state index in [1.807, 2.05) is 0 Å². The van der Waals surface area contributed by atoms with Gasteiger partial charge in [0.2, 0.25) is 0 Å². The summed E-state index contributed by atoms with van der Waals surface area (Å²) in [4.78, 5) is 0. The Balaban J connectivity index is 1.96. The molecule has 1 heterocycles. The summed E-state index contributed by atoms with van der Waals surface area (Å²) in [6, 6.07) is 0.775. The molecule has 1 aliphatic heterocycles. The van der Waals surface area contributed by atoms with E-state index in [1.54, 1.807) is 0 Å². The molecule has 51 valence electrons. The number of piperidine rings is 1. The summed E-state index contributed by atoms with van der Waals surface area (Å²) in [5.41, 5.74) is 0. The van der Waals surface area contributed by atoms with Gasteiger partial charge < -0.3 is 0 Å². The van der Waals surface area contributed by atoms with Crippen molar-refractivity contribution in [1.82, 2.24) is 5.32 Å². The van der Waals surface area contributed by atoms with Crippen LogP contribution in [0.1, 0.15) is 32.1 Å². The molecule has 2 aliphatic rings. The van der Waals surface area contributed by atoms with Crippen molar-refractivity contribution < 1.29 is 0 Å². The molecular weight excluding hydrogens is 110 g/mol. The number of rotatable bonds is 0. The van der Waals surface area contributed by atoms with E-state index in [-0.39, 0.29) is 0 Å². The first kappa shape index (κ1) is 5.72. The number of nitrogens with zero attached hydrogens (tertiary/aromatic N) is 1. The highest BCUT2D eigenvalue weighted by Gasteiger charge is 2.25. The second kappa shape index (κ2) is 2.30. The quantitative estimate of drug-likeness (QED) is 0.465. The van der Waals surface area contributed by atoms with Gasteiger partial charge in [0.05, 0.1) is 0 Å². The van der Waals surface area contributed by atoms with Crippen LogP contribution in [-0.2, 0) is 0 Å². The van der Waals surface area contributed by atoms with Gasteiger partial charge in [0.25, 0.3) is 0 Å². The zero-order valence-electron chi connectivity index (χ0n) is 5.84. The molecule has 9 heavy (non-hydrogen) atoms. The van der Waals surface area contributed by atoms with Gasteiger partial charge in [0.1, 0.15) is 0 Å². The highest BCUT2D eigenvalue weighted by molar-refractivity contribution is 4.82. The molecule has 0 spiro atoms.